The maximum absolute atomic E-state index is 12.1. The van der Waals surface area contributed by atoms with Crippen molar-refractivity contribution in [3.63, 3.8) is 0 Å². The van der Waals surface area contributed by atoms with Crippen molar-refractivity contribution in [2.75, 3.05) is 5.73 Å². The Bertz CT molecular complexity index is 594. The molecule has 1 atom stereocenters. The zero-order valence-electron chi connectivity index (χ0n) is 10.3. The average Bonchev–Trinajstić information content (AvgIpc) is 2.66. The smallest absolute Gasteiger partial charge is 0.263 e. The van der Waals surface area contributed by atoms with E-state index in [1.54, 1.807) is 0 Å². The van der Waals surface area contributed by atoms with Crippen molar-refractivity contribution >= 4 is 48.9 Å². The maximum atomic E-state index is 12.1. The van der Waals surface area contributed by atoms with Gasteiger partial charge >= 0.3 is 0 Å². The van der Waals surface area contributed by atoms with Crippen LogP contribution in [-0.4, -0.2) is 11.9 Å². The van der Waals surface area contributed by atoms with Crippen LogP contribution in [0.1, 0.15) is 29.9 Å². The van der Waals surface area contributed by atoms with E-state index in [1.807, 2.05) is 32.0 Å². The molecule has 0 aliphatic carbocycles. The summed E-state index contributed by atoms with van der Waals surface area (Å²) in [6, 6.07) is 6.01. The third kappa shape index (κ3) is 2.52. The molecule has 1 unspecified atom stereocenters. The van der Waals surface area contributed by atoms with E-state index >= 15 is 0 Å². The number of benzene rings is 1. The molecular formula is C13H15BrN2OS. The van der Waals surface area contributed by atoms with Crippen molar-refractivity contribution in [1.29, 1.82) is 0 Å². The van der Waals surface area contributed by atoms with E-state index in [2.05, 4.69) is 21.2 Å². The second-order valence-corrected chi connectivity index (χ2v) is 6.24. The first-order valence-corrected chi connectivity index (χ1v) is 7.42. The number of fused-ring (bicyclic) bond motifs is 1. The van der Waals surface area contributed by atoms with E-state index in [-0.39, 0.29) is 11.9 Å². The fraction of sp³-hybridized carbons (Fsp3) is 0.308. The molecule has 0 bridgehead atoms. The van der Waals surface area contributed by atoms with Gasteiger partial charge in [0.15, 0.2) is 0 Å². The van der Waals surface area contributed by atoms with Gasteiger partial charge in [0.05, 0.1) is 5.69 Å². The van der Waals surface area contributed by atoms with Crippen LogP contribution < -0.4 is 11.1 Å². The number of hydrogen-bond acceptors (Lipinski definition) is 3. The Labute approximate surface area is 118 Å². The minimum Gasteiger partial charge on any atom is -0.397 e. The first kappa shape index (κ1) is 13.4. The molecule has 18 heavy (non-hydrogen) atoms. The van der Waals surface area contributed by atoms with Crippen LogP contribution in [0.15, 0.2) is 22.7 Å². The molecular weight excluding hydrogens is 312 g/mol. The fourth-order valence-electron chi connectivity index (χ4n) is 1.65. The van der Waals surface area contributed by atoms with E-state index < -0.39 is 0 Å². The standard InChI is InChI=1S/C13H15BrN2OS/c1-3-7(2)16-13(17)12-11(15)9-5-4-8(14)6-10(9)18-12/h4-7H,3,15H2,1-2H3,(H,16,17). The molecule has 0 saturated carbocycles. The molecule has 0 fully saturated rings. The van der Waals surface area contributed by atoms with Crippen LogP contribution in [0.4, 0.5) is 5.69 Å². The van der Waals surface area contributed by atoms with E-state index in [4.69, 9.17) is 5.73 Å². The summed E-state index contributed by atoms with van der Waals surface area (Å²) >= 11 is 4.85. The van der Waals surface area contributed by atoms with Crippen molar-refractivity contribution in [1.82, 2.24) is 5.32 Å². The lowest BCUT2D eigenvalue weighted by molar-refractivity contribution is 0.0944. The Balaban J connectivity index is 2.39. The minimum atomic E-state index is -0.0841. The van der Waals surface area contributed by atoms with E-state index in [9.17, 15) is 4.79 Å². The van der Waals surface area contributed by atoms with Gasteiger partial charge in [-0.15, -0.1) is 11.3 Å². The number of halogens is 1. The van der Waals surface area contributed by atoms with Gasteiger partial charge in [-0.1, -0.05) is 28.9 Å². The molecule has 0 radical (unpaired) electrons. The van der Waals surface area contributed by atoms with E-state index in [1.165, 1.54) is 11.3 Å². The Morgan fingerprint density at radius 3 is 2.94 bits per heavy atom. The largest absolute Gasteiger partial charge is 0.397 e. The van der Waals surface area contributed by atoms with Crippen LogP contribution in [0.3, 0.4) is 0 Å². The number of nitrogens with two attached hydrogens (primary N) is 1. The molecule has 2 aromatic rings. The lowest BCUT2D eigenvalue weighted by atomic mass is 10.2. The average molecular weight is 327 g/mol. The summed E-state index contributed by atoms with van der Waals surface area (Å²) in [7, 11) is 0. The van der Waals surface area contributed by atoms with Crippen LogP contribution in [0.5, 0.6) is 0 Å². The van der Waals surface area contributed by atoms with Crippen LogP contribution in [-0.2, 0) is 0 Å². The summed E-state index contributed by atoms with van der Waals surface area (Å²) in [4.78, 5) is 12.7. The summed E-state index contributed by atoms with van der Waals surface area (Å²) in [6.45, 7) is 4.02. The molecule has 1 heterocycles. The molecule has 1 amide bonds. The van der Waals surface area contributed by atoms with E-state index in [0.717, 1.165) is 21.0 Å². The zero-order valence-corrected chi connectivity index (χ0v) is 12.7. The number of rotatable bonds is 3. The maximum Gasteiger partial charge on any atom is 0.263 e. The SMILES string of the molecule is CCC(C)NC(=O)c1sc2cc(Br)ccc2c1N. The van der Waals surface area contributed by atoms with Crippen molar-refractivity contribution < 1.29 is 4.79 Å². The number of carbonyl (C=O) groups is 1. The lowest BCUT2D eigenvalue weighted by Crippen LogP contribution is -2.31. The first-order valence-electron chi connectivity index (χ1n) is 5.81. The number of thiophene rings is 1. The molecule has 96 valence electrons. The highest BCUT2D eigenvalue weighted by atomic mass is 79.9. The predicted octanol–water partition coefficient (Wildman–Crippen LogP) is 3.77. The summed E-state index contributed by atoms with van der Waals surface area (Å²) in [5, 5.41) is 3.88. The topological polar surface area (TPSA) is 55.1 Å². The Morgan fingerprint density at radius 1 is 1.56 bits per heavy atom. The van der Waals surface area contributed by atoms with Crippen molar-refractivity contribution in [3.8, 4) is 0 Å². The van der Waals surface area contributed by atoms with Gasteiger partial charge in [0.2, 0.25) is 0 Å². The summed E-state index contributed by atoms with van der Waals surface area (Å²) in [6.07, 6.45) is 0.905. The zero-order chi connectivity index (χ0) is 13.3. The van der Waals surface area contributed by atoms with Crippen LogP contribution in [0.25, 0.3) is 10.1 Å². The van der Waals surface area contributed by atoms with Gasteiger partial charge in [-0.2, -0.15) is 0 Å². The fourth-order valence-corrected chi connectivity index (χ4v) is 3.23. The molecule has 5 heteroatoms. The second kappa shape index (κ2) is 5.28. The third-order valence-electron chi connectivity index (χ3n) is 2.89. The Kier molecular flexibility index (Phi) is 3.92. The van der Waals surface area contributed by atoms with Crippen molar-refractivity contribution in [2.45, 2.75) is 26.3 Å². The number of nitrogen functional groups attached to an aromatic ring is 1. The van der Waals surface area contributed by atoms with Crippen molar-refractivity contribution in [3.05, 3.63) is 27.5 Å². The van der Waals surface area contributed by atoms with Crippen LogP contribution in [0, 0.1) is 0 Å². The van der Waals surface area contributed by atoms with Gasteiger partial charge in [-0.25, -0.2) is 0 Å². The molecule has 0 aliphatic rings. The number of hydrogen-bond donors (Lipinski definition) is 2. The van der Waals surface area contributed by atoms with Gasteiger partial charge in [0.1, 0.15) is 4.88 Å². The summed E-state index contributed by atoms with van der Waals surface area (Å²) < 4.78 is 2.02. The summed E-state index contributed by atoms with van der Waals surface area (Å²) in [5.74, 6) is -0.0841. The van der Waals surface area contributed by atoms with Crippen LogP contribution >= 0.6 is 27.3 Å². The van der Waals surface area contributed by atoms with Gasteiger partial charge < -0.3 is 11.1 Å². The van der Waals surface area contributed by atoms with Crippen LogP contribution in [0.2, 0.25) is 0 Å². The molecule has 2 rings (SSSR count). The quantitative estimate of drug-likeness (QED) is 0.901. The number of amides is 1. The van der Waals surface area contributed by atoms with Gasteiger partial charge in [-0.05, 0) is 25.5 Å². The molecule has 1 aromatic carbocycles. The van der Waals surface area contributed by atoms with E-state index in [0.29, 0.717) is 10.6 Å². The molecule has 0 aliphatic heterocycles. The first-order chi connectivity index (χ1) is 8.52. The molecule has 3 nitrogen and oxygen atoms in total. The normalized spacial score (nSPS) is 12.6. The monoisotopic (exact) mass is 326 g/mol. The highest BCUT2D eigenvalue weighted by Gasteiger charge is 2.17. The van der Waals surface area contributed by atoms with Gasteiger partial charge in [0, 0.05) is 20.6 Å². The predicted molar refractivity (Wildman–Crippen MR) is 81.2 cm³/mol. The number of nitrogens with one attached hydrogen (secondary N) is 1. The lowest BCUT2D eigenvalue weighted by Gasteiger charge is -2.10. The van der Waals surface area contributed by atoms with Gasteiger partial charge in [-0.3, -0.25) is 4.79 Å². The number of anilines is 1. The minimum absolute atomic E-state index is 0.0841. The highest BCUT2D eigenvalue weighted by molar-refractivity contribution is 9.10. The van der Waals surface area contributed by atoms with Gasteiger partial charge in [0.25, 0.3) is 5.91 Å². The molecule has 0 spiro atoms. The highest BCUT2D eigenvalue weighted by Crippen LogP contribution is 2.35. The molecule has 0 saturated heterocycles. The number of carbonyl (C=O) groups excluding carboxylic acids is 1. The second-order valence-electron chi connectivity index (χ2n) is 4.27. The third-order valence-corrected chi connectivity index (χ3v) is 4.55. The van der Waals surface area contributed by atoms with Crippen molar-refractivity contribution in [2.24, 2.45) is 0 Å². The summed E-state index contributed by atoms with van der Waals surface area (Å²) in [5.41, 5.74) is 6.61. The Hall–Kier alpha value is -1.07. The molecule has 3 N–H and O–H groups in total. The Morgan fingerprint density at radius 2 is 2.28 bits per heavy atom. The molecule has 1 aromatic heterocycles.